The molecular weight excluding hydrogens is 426 g/mol. The number of hydrogen-bond donors (Lipinski definition) is 3. The summed E-state index contributed by atoms with van der Waals surface area (Å²) in [5, 5.41) is 24.0. The molecular formula is C28H25N3O3. The maximum Gasteiger partial charge on any atom is 0.225 e. The molecule has 1 unspecified atom stereocenters. The third kappa shape index (κ3) is 4.54. The van der Waals surface area contributed by atoms with Crippen molar-refractivity contribution in [1.29, 1.82) is 0 Å². The van der Waals surface area contributed by atoms with Crippen molar-refractivity contribution in [3.05, 3.63) is 107 Å². The number of phenolic OH excluding ortho intramolecular Hbond substituents is 1. The summed E-state index contributed by atoms with van der Waals surface area (Å²) < 4.78 is 0. The van der Waals surface area contributed by atoms with Crippen LogP contribution in [0.2, 0.25) is 0 Å². The molecule has 6 heteroatoms. The van der Waals surface area contributed by atoms with Crippen LogP contribution < -0.4 is 5.32 Å². The van der Waals surface area contributed by atoms with Crippen LogP contribution in [-0.4, -0.2) is 26.1 Å². The van der Waals surface area contributed by atoms with Crippen molar-refractivity contribution in [2.75, 3.05) is 5.32 Å². The summed E-state index contributed by atoms with van der Waals surface area (Å²) in [4.78, 5) is 22.4. The van der Waals surface area contributed by atoms with Gasteiger partial charge in [0.05, 0.1) is 11.4 Å². The van der Waals surface area contributed by atoms with Crippen molar-refractivity contribution in [1.82, 2.24) is 9.97 Å². The lowest BCUT2D eigenvalue weighted by atomic mass is 9.91. The normalized spacial score (nSPS) is 13.0. The van der Waals surface area contributed by atoms with E-state index in [0.29, 0.717) is 42.6 Å². The molecule has 1 aliphatic rings. The lowest BCUT2D eigenvalue weighted by Gasteiger charge is -2.23. The second-order valence-corrected chi connectivity index (χ2v) is 8.44. The Morgan fingerprint density at radius 1 is 0.941 bits per heavy atom. The van der Waals surface area contributed by atoms with Crippen LogP contribution in [0.3, 0.4) is 0 Å². The van der Waals surface area contributed by atoms with Gasteiger partial charge in [-0.2, -0.15) is 0 Å². The van der Waals surface area contributed by atoms with E-state index in [4.69, 9.17) is 9.97 Å². The average Bonchev–Trinajstić information content (AvgIpc) is 2.87. The molecule has 1 atom stereocenters. The standard InChI is InChI=1S/C28H25N3O3/c32-21-13-14-22-20(17-21)12-15-23-25(22)31-26(27(34)19-9-5-2-6-10-19)28(29-23)30-24(33)16-11-18-7-3-1-4-8-18/h1-10,13-14,17,27,32,34H,11-12,15-16H2,(H,29,30,33). The van der Waals surface area contributed by atoms with Crippen molar-refractivity contribution in [3.63, 3.8) is 0 Å². The summed E-state index contributed by atoms with van der Waals surface area (Å²) in [6, 6.07) is 24.2. The fourth-order valence-corrected chi connectivity index (χ4v) is 4.32. The number of benzene rings is 3. The first-order valence-corrected chi connectivity index (χ1v) is 11.4. The minimum Gasteiger partial charge on any atom is -0.508 e. The maximum atomic E-state index is 12.8. The molecule has 0 radical (unpaired) electrons. The van der Waals surface area contributed by atoms with Gasteiger partial charge >= 0.3 is 0 Å². The monoisotopic (exact) mass is 451 g/mol. The first-order valence-electron chi connectivity index (χ1n) is 11.4. The Bertz CT molecular complexity index is 1320. The highest BCUT2D eigenvalue weighted by molar-refractivity contribution is 5.91. The quantitative estimate of drug-likeness (QED) is 0.398. The van der Waals surface area contributed by atoms with Crippen LogP contribution in [0.25, 0.3) is 11.3 Å². The number of aromatic hydroxyl groups is 1. The van der Waals surface area contributed by atoms with Gasteiger partial charge < -0.3 is 15.5 Å². The Morgan fingerprint density at radius 3 is 2.44 bits per heavy atom. The predicted octanol–water partition coefficient (Wildman–Crippen LogP) is 4.60. The van der Waals surface area contributed by atoms with Gasteiger partial charge in [0.2, 0.25) is 5.91 Å². The summed E-state index contributed by atoms with van der Waals surface area (Å²) in [5.41, 5.74) is 5.36. The second-order valence-electron chi connectivity index (χ2n) is 8.44. The summed E-state index contributed by atoms with van der Waals surface area (Å²) in [5.74, 6) is 0.318. The lowest BCUT2D eigenvalue weighted by molar-refractivity contribution is -0.116. The molecule has 1 amide bonds. The van der Waals surface area contributed by atoms with Gasteiger partial charge in [-0.1, -0.05) is 60.7 Å². The number of anilines is 1. The zero-order valence-electron chi connectivity index (χ0n) is 18.6. The highest BCUT2D eigenvalue weighted by Gasteiger charge is 2.26. The smallest absolute Gasteiger partial charge is 0.225 e. The average molecular weight is 452 g/mol. The van der Waals surface area contributed by atoms with Crippen LogP contribution >= 0.6 is 0 Å². The number of nitrogens with one attached hydrogen (secondary N) is 1. The molecule has 1 aliphatic carbocycles. The Morgan fingerprint density at radius 2 is 1.68 bits per heavy atom. The number of aliphatic hydroxyl groups is 1. The largest absolute Gasteiger partial charge is 0.508 e. The van der Waals surface area contributed by atoms with E-state index in [1.54, 1.807) is 12.1 Å². The Hall–Kier alpha value is -4.03. The minimum absolute atomic E-state index is 0.180. The summed E-state index contributed by atoms with van der Waals surface area (Å²) >= 11 is 0. The number of aromatic nitrogens is 2. The number of nitrogens with zero attached hydrogens (tertiary/aromatic N) is 2. The van der Waals surface area contributed by atoms with E-state index in [1.807, 2.05) is 66.7 Å². The molecule has 1 heterocycles. The topological polar surface area (TPSA) is 95.3 Å². The van der Waals surface area contributed by atoms with Gasteiger partial charge in [0.25, 0.3) is 0 Å². The molecule has 1 aromatic heterocycles. The number of fused-ring (bicyclic) bond motifs is 3. The van der Waals surface area contributed by atoms with Crippen LogP contribution in [0, 0.1) is 0 Å². The molecule has 0 spiro atoms. The van der Waals surface area contributed by atoms with E-state index in [2.05, 4.69) is 5.32 Å². The number of aryl methyl sites for hydroxylation is 3. The van der Waals surface area contributed by atoms with E-state index >= 15 is 0 Å². The first-order chi connectivity index (χ1) is 16.6. The van der Waals surface area contributed by atoms with Crippen LogP contribution in [0.4, 0.5) is 5.82 Å². The Labute approximate surface area is 198 Å². The number of hydrogen-bond acceptors (Lipinski definition) is 5. The molecule has 34 heavy (non-hydrogen) atoms. The van der Waals surface area contributed by atoms with Gasteiger partial charge in [0.1, 0.15) is 17.5 Å². The Balaban J connectivity index is 1.50. The number of amides is 1. The van der Waals surface area contributed by atoms with Gasteiger partial charge in [0.15, 0.2) is 5.82 Å². The predicted molar refractivity (Wildman–Crippen MR) is 130 cm³/mol. The molecule has 170 valence electrons. The van der Waals surface area contributed by atoms with Crippen molar-refractivity contribution >= 4 is 11.7 Å². The van der Waals surface area contributed by atoms with Gasteiger partial charge in [-0.25, -0.2) is 9.97 Å². The third-order valence-corrected chi connectivity index (χ3v) is 6.09. The summed E-state index contributed by atoms with van der Waals surface area (Å²) in [7, 11) is 0. The van der Waals surface area contributed by atoms with E-state index in [0.717, 1.165) is 22.4 Å². The molecule has 3 aromatic carbocycles. The first kappa shape index (κ1) is 21.8. The van der Waals surface area contributed by atoms with E-state index in [-0.39, 0.29) is 17.5 Å². The fourth-order valence-electron chi connectivity index (χ4n) is 4.32. The molecule has 4 aromatic rings. The van der Waals surface area contributed by atoms with Crippen molar-refractivity contribution in [2.45, 2.75) is 31.8 Å². The number of aliphatic hydroxyl groups excluding tert-OH is 1. The maximum absolute atomic E-state index is 12.8. The van der Waals surface area contributed by atoms with E-state index < -0.39 is 6.10 Å². The molecule has 0 saturated carbocycles. The number of rotatable bonds is 6. The van der Waals surface area contributed by atoms with E-state index in [1.165, 1.54) is 0 Å². The number of carbonyl (C=O) groups is 1. The summed E-state index contributed by atoms with van der Waals surface area (Å²) in [6.07, 6.45) is 1.20. The van der Waals surface area contributed by atoms with E-state index in [9.17, 15) is 15.0 Å². The number of carbonyl (C=O) groups excluding carboxylic acids is 1. The molecule has 0 fully saturated rings. The molecule has 6 nitrogen and oxygen atoms in total. The van der Waals surface area contributed by atoms with Crippen molar-refractivity contribution in [3.8, 4) is 17.0 Å². The van der Waals surface area contributed by atoms with Crippen LogP contribution in [0.1, 0.15) is 40.6 Å². The van der Waals surface area contributed by atoms with Gasteiger partial charge in [-0.05, 0) is 54.2 Å². The van der Waals surface area contributed by atoms with Crippen LogP contribution in [0.15, 0.2) is 78.9 Å². The lowest BCUT2D eigenvalue weighted by Crippen LogP contribution is -2.20. The summed E-state index contributed by atoms with van der Waals surface area (Å²) in [6.45, 7) is 0. The highest BCUT2D eigenvalue weighted by Crippen LogP contribution is 2.36. The van der Waals surface area contributed by atoms with Crippen molar-refractivity contribution in [2.24, 2.45) is 0 Å². The fraction of sp³-hybridized carbons (Fsp3) is 0.179. The molecule has 5 rings (SSSR count). The zero-order chi connectivity index (χ0) is 23.5. The van der Waals surface area contributed by atoms with Gasteiger partial charge in [-0.15, -0.1) is 0 Å². The minimum atomic E-state index is -1.05. The van der Waals surface area contributed by atoms with Crippen LogP contribution in [-0.2, 0) is 24.1 Å². The molecule has 0 saturated heterocycles. The highest BCUT2D eigenvalue weighted by atomic mass is 16.3. The second kappa shape index (κ2) is 9.45. The van der Waals surface area contributed by atoms with Crippen molar-refractivity contribution < 1.29 is 15.0 Å². The molecule has 0 bridgehead atoms. The molecule has 3 N–H and O–H groups in total. The number of phenols is 1. The van der Waals surface area contributed by atoms with Crippen LogP contribution in [0.5, 0.6) is 5.75 Å². The SMILES string of the molecule is O=C(CCc1ccccc1)Nc1nc2c(nc1C(O)c1ccccc1)-c1ccc(O)cc1CC2. The van der Waals surface area contributed by atoms with Gasteiger partial charge in [0, 0.05) is 12.0 Å². The third-order valence-electron chi connectivity index (χ3n) is 6.09. The van der Waals surface area contributed by atoms with Gasteiger partial charge in [-0.3, -0.25) is 4.79 Å². The molecule has 0 aliphatic heterocycles. The Kier molecular flexibility index (Phi) is 6.06. The zero-order valence-corrected chi connectivity index (χ0v) is 18.6.